The van der Waals surface area contributed by atoms with Crippen molar-refractivity contribution in [3.63, 3.8) is 0 Å². The van der Waals surface area contributed by atoms with Crippen LogP contribution < -0.4 is 10.6 Å². The highest BCUT2D eigenvalue weighted by Gasteiger charge is 2.31. The number of alkyl carbamates (subject to hydrolysis) is 1. The Hall–Kier alpha value is -2.52. The molecule has 1 unspecified atom stereocenters. The Morgan fingerprint density at radius 1 is 1.21 bits per heavy atom. The minimum absolute atomic E-state index is 0.0266. The molecule has 0 saturated heterocycles. The summed E-state index contributed by atoms with van der Waals surface area (Å²) in [4.78, 5) is 13.6. The molecular formula is C26H25BrN2O3S2. The summed E-state index contributed by atoms with van der Waals surface area (Å²) in [5.41, 5.74) is 4.65. The maximum absolute atomic E-state index is 12.6. The normalized spacial score (nSPS) is 14.0. The van der Waals surface area contributed by atoms with Gasteiger partial charge in [0, 0.05) is 20.6 Å². The van der Waals surface area contributed by atoms with Gasteiger partial charge < -0.3 is 15.2 Å². The van der Waals surface area contributed by atoms with E-state index in [1.807, 2.05) is 42.6 Å². The number of aliphatic hydroxyl groups is 1. The van der Waals surface area contributed by atoms with Crippen LogP contribution in [-0.4, -0.2) is 29.5 Å². The smallest absolute Gasteiger partial charge is 0.413 e. The van der Waals surface area contributed by atoms with Gasteiger partial charge in [0.15, 0.2) is 5.11 Å². The lowest BCUT2D eigenvalue weighted by Gasteiger charge is -2.31. The topological polar surface area (TPSA) is 70.6 Å². The van der Waals surface area contributed by atoms with Gasteiger partial charge in [-0.05, 0) is 75.4 Å². The molecule has 0 spiro atoms. The van der Waals surface area contributed by atoms with Crippen molar-refractivity contribution >= 4 is 50.7 Å². The fourth-order valence-corrected chi connectivity index (χ4v) is 6.22. The highest BCUT2D eigenvalue weighted by molar-refractivity contribution is 9.10. The quantitative estimate of drug-likeness (QED) is 0.243. The van der Waals surface area contributed by atoms with Gasteiger partial charge in [0.1, 0.15) is 6.61 Å². The van der Waals surface area contributed by atoms with Crippen molar-refractivity contribution < 1.29 is 14.6 Å². The van der Waals surface area contributed by atoms with Crippen LogP contribution in [0.15, 0.2) is 76.6 Å². The number of nitrogens with one attached hydrogen (secondary N) is 2. The molecule has 8 heteroatoms. The SMILES string of the molecule is C=C(CO)CC(C)(NC(=S)NC(=O)OCC1c2ccccc2-c2ccccc21)c1cc(Br)cs1. The fourth-order valence-electron chi connectivity index (χ4n) is 4.36. The van der Waals surface area contributed by atoms with Crippen molar-refractivity contribution in [1.29, 1.82) is 0 Å². The van der Waals surface area contributed by atoms with Crippen molar-refractivity contribution in [1.82, 2.24) is 10.6 Å². The number of hydrogen-bond acceptors (Lipinski definition) is 5. The van der Waals surface area contributed by atoms with Crippen LogP contribution in [0.5, 0.6) is 0 Å². The molecule has 34 heavy (non-hydrogen) atoms. The predicted octanol–water partition coefficient (Wildman–Crippen LogP) is 6.08. The molecule has 1 amide bonds. The molecule has 1 aliphatic rings. The Kier molecular flexibility index (Phi) is 7.52. The van der Waals surface area contributed by atoms with Crippen LogP contribution in [-0.2, 0) is 10.3 Å². The highest BCUT2D eigenvalue weighted by atomic mass is 79.9. The highest BCUT2D eigenvalue weighted by Crippen LogP contribution is 2.44. The average Bonchev–Trinajstić information content (AvgIpc) is 3.39. The minimum atomic E-state index is -0.649. The molecule has 1 atom stereocenters. The Bertz CT molecular complexity index is 1200. The maximum Gasteiger partial charge on any atom is 0.413 e. The Morgan fingerprint density at radius 3 is 2.38 bits per heavy atom. The Labute approximate surface area is 217 Å². The number of thiophene rings is 1. The van der Waals surface area contributed by atoms with Gasteiger partial charge in [-0.25, -0.2) is 4.79 Å². The molecule has 0 fully saturated rings. The van der Waals surface area contributed by atoms with E-state index in [9.17, 15) is 9.90 Å². The zero-order valence-electron chi connectivity index (χ0n) is 18.6. The van der Waals surface area contributed by atoms with Gasteiger partial charge in [-0.15, -0.1) is 11.3 Å². The third-order valence-electron chi connectivity index (χ3n) is 5.89. The molecule has 5 nitrogen and oxygen atoms in total. The molecule has 4 rings (SSSR count). The molecule has 2 aromatic carbocycles. The standard InChI is InChI=1S/C26H25BrN2O3S2/c1-16(13-30)12-26(2,23-11-17(27)15-34-23)29-24(33)28-25(31)32-14-22-20-9-5-3-7-18(20)19-8-4-6-10-21(19)22/h3-11,15,22,30H,1,12-14H2,2H3,(H2,28,29,31,33). The number of rotatable bonds is 7. The van der Waals surface area contributed by atoms with Crippen LogP contribution in [0.1, 0.15) is 35.3 Å². The summed E-state index contributed by atoms with van der Waals surface area (Å²) >= 11 is 10.5. The van der Waals surface area contributed by atoms with E-state index in [1.54, 1.807) is 11.3 Å². The molecule has 176 valence electrons. The minimum Gasteiger partial charge on any atom is -0.448 e. The number of hydrogen-bond donors (Lipinski definition) is 3. The van der Waals surface area contributed by atoms with Crippen LogP contribution in [0.2, 0.25) is 0 Å². The predicted molar refractivity (Wildman–Crippen MR) is 144 cm³/mol. The van der Waals surface area contributed by atoms with E-state index < -0.39 is 11.6 Å². The second-order valence-electron chi connectivity index (χ2n) is 8.45. The molecule has 0 bridgehead atoms. The van der Waals surface area contributed by atoms with Crippen LogP contribution in [0.4, 0.5) is 4.79 Å². The van der Waals surface area contributed by atoms with Gasteiger partial charge in [-0.3, -0.25) is 5.32 Å². The Morgan fingerprint density at radius 2 is 1.82 bits per heavy atom. The van der Waals surface area contributed by atoms with Gasteiger partial charge in [-0.2, -0.15) is 0 Å². The second kappa shape index (κ2) is 10.4. The van der Waals surface area contributed by atoms with Crippen LogP contribution in [0, 0.1) is 0 Å². The molecule has 1 heterocycles. The number of halogens is 1. The van der Waals surface area contributed by atoms with Crippen LogP contribution >= 0.6 is 39.5 Å². The van der Waals surface area contributed by atoms with Gasteiger partial charge in [0.2, 0.25) is 0 Å². The summed E-state index contributed by atoms with van der Waals surface area (Å²) in [5, 5.41) is 17.5. The molecule has 0 aliphatic heterocycles. The molecule has 1 aromatic heterocycles. The monoisotopic (exact) mass is 556 g/mol. The van der Waals surface area contributed by atoms with E-state index in [0.717, 1.165) is 20.5 Å². The summed E-state index contributed by atoms with van der Waals surface area (Å²) in [7, 11) is 0. The van der Waals surface area contributed by atoms with Crippen molar-refractivity contribution in [2.75, 3.05) is 13.2 Å². The first-order chi connectivity index (χ1) is 16.3. The Balaban J connectivity index is 1.41. The van der Waals surface area contributed by atoms with Crippen molar-refractivity contribution in [2.24, 2.45) is 0 Å². The summed E-state index contributed by atoms with van der Waals surface area (Å²) in [6, 6.07) is 18.4. The lowest BCUT2D eigenvalue weighted by atomic mass is 9.92. The number of carbonyl (C=O) groups excluding carboxylic acids is 1. The van der Waals surface area contributed by atoms with E-state index in [-0.39, 0.29) is 24.2 Å². The van der Waals surface area contributed by atoms with Gasteiger partial charge in [0.05, 0.1) is 12.1 Å². The first-order valence-electron chi connectivity index (χ1n) is 10.8. The largest absolute Gasteiger partial charge is 0.448 e. The number of ether oxygens (including phenoxy) is 1. The summed E-state index contributed by atoms with van der Waals surface area (Å²) in [5.74, 6) is -0.0266. The molecule has 1 aliphatic carbocycles. The van der Waals surface area contributed by atoms with Gasteiger partial charge in [0.25, 0.3) is 0 Å². The number of carbonyl (C=O) groups is 1. The van der Waals surface area contributed by atoms with Gasteiger partial charge >= 0.3 is 6.09 Å². The van der Waals surface area contributed by atoms with Crippen molar-refractivity contribution in [3.05, 3.63) is 92.6 Å². The molecule has 3 aromatic rings. The van der Waals surface area contributed by atoms with E-state index >= 15 is 0 Å². The third kappa shape index (κ3) is 5.25. The van der Waals surface area contributed by atoms with Crippen molar-refractivity contribution in [2.45, 2.75) is 24.8 Å². The lowest BCUT2D eigenvalue weighted by Crippen LogP contribution is -2.49. The van der Waals surface area contributed by atoms with E-state index in [0.29, 0.717) is 12.0 Å². The molecule has 0 radical (unpaired) electrons. The number of amides is 1. The fraction of sp³-hybridized carbons (Fsp3) is 0.231. The zero-order chi connectivity index (χ0) is 24.3. The zero-order valence-corrected chi connectivity index (χ0v) is 21.9. The first kappa shape index (κ1) is 24.6. The lowest BCUT2D eigenvalue weighted by molar-refractivity contribution is 0.148. The van der Waals surface area contributed by atoms with Gasteiger partial charge in [-0.1, -0.05) is 55.1 Å². The average molecular weight is 558 g/mol. The van der Waals surface area contributed by atoms with Crippen LogP contribution in [0.25, 0.3) is 11.1 Å². The van der Waals surface area contributed by atoms with Crippen molar-refractivity contribution in [3.8, 4) is 11.1 Å². The summed E-state index contributed by atoms with van der Waals surface area (Å²) in [6.07, 6.45) is -0.168. The van der Waals surface area contributed by atoms with E-state index in [1.165, 1.54) is 11.1 Å². The molecule has 3 N–H and O–H groups in total. The van der Waals surface area contributed by atoms with E-state index in [4.69, 9.17) is 17.0 Å². The number of thiocarbonyl (C=S) groups is 1. The first-order valence-corrected chi connectivity index (χ1v) is 12.8. The second-order valence-corrected chi connectivity index (χ2v) is 10.7. The summed E-state index contributed by atoms with van der Waals surface area (Å²) < 4.78 is 6.55. The van der Waals surface area contributed by atoms with Crippen LogP contribution in [0.3, 0.4) is 0 Å². The molecule has 0 saturated carbocycles. The third-order valence-corrected chi connectivity index (χ3v) is 8.05. The number of fused-ring (bicyclic) bond motifs is 3. The maximum atomic E-state index is 12.6. The number of aliphatic hydroxyl groups excluding tert-OH is 1. The number of benzene rings is 2. The molecular weight excluding hydrogens is 532 g/mol. The summed E-state index contributed by atoms with van der Waals surface area (Å²) in [6.45, 7) is 5.95. The van der Waals surface area contributed by atoms with E-state index in [2.05, 4.69) is 57.4 Å².